The van der Waals surface area contributed by atoms with Crippen LogP contribution in [0, 0.1) is 10.8 Å². The Labute approximate surface area is 112 Å². The van der Waals surface area contributed by atoms with Gasteiger partial charge in [-0.3, -0.25) is 0 Å². The summed E-state index contributed by atoms with van der Waals surface area (Å²) >= 11 is 0. The molecule has 0 unspecified atom stereocenters. The fourth-order valence-electron chi connectivity index (χ4n) is 1.77. The zero-order valence-corrected chi connectivity index (χ0v) is 9.89. The zero-order chi connectivity index (χ0) is 12.5. The summed E-state index contributed by atoms with van der Waals surface area (Å²) in [5.74, 6) is 0. The van der Waals surface area contributed by atoms with Gasteiger partial charge in [-0.25, -0.2) is 20.4 Å². The third-order valence-electron chi connectivity index (χ3n) is 2.50. The minimum absolute atomic E-state index is 0. The molecule has 0 aromatic carbocycles. The van der Waals surface area contributed by atoms with Crippen LogP contribution in [0.2, 0.25) is 0 Å². The minimum Gasteiger partial charge on any atom is -0.222 e. The highest BCUT2D eigenvalue weighted by molar-refractivity contribution is 5.26. The first-order chi connectivity index (χ1) is 7.83. The Morgan fingerprint density at radius 2 is 0.556 bits per heavy atom. The van der Waals surface area contributed by atoms with E-state index in [2.05, 4.69) is 0 Å². The second-order valence-corrected chi connectivity index (χ2v) is 3.74. The summed E-state index contributed by atoms with van der Waals surface area (Å²) in [6.45, 7) is 0. The van der Waals surface area contributed by atoms with E-state index in [9.17, 15) is 0 Å². The quantitative estimate of drug-likeness (QED) is 0.474. The lowest BCUT2D eigenvalue weighted by Gasteiger charge is -2.05. The van der Waals surface area contributed by atoms with Crippen molar-refractivity contribution in [3.63, 3.8) is 0 Å². The molecule has 1 fully saturated rings. The van der Waals surface area contributed by atoms with E-state index < -0.39 is 0 Å². The number of isocyanates is 2. The first-order valence-electron chi connectivity index (χ1n) is 5.91. The average Bonchev–Trinajstić information content (AvgIpc) is 2.29. The summed E-state index contributed by atoms with van der Waals surface area (Å²) < 4.78 is 0. The molecule has 0 bridgehead atoms. The van der Waals surface area contributed by atoms with Gasteiger partial charge in [0, 0.05) is 0 Å². The largest absolute Gasteiger partial charge is 0.231 e. The van der Waals surface area contributed by atoms with Crippen molar-refractivity contribution in [2.45, 2.75) is 79.1 Å². The fraction of sp³-hybridized carbons (Fsp3) is 0.857. The molecule has 0 saturated heterocycles. The first-order valence-corrected chi connectivity index (χ1v) is 5.91. The van der Waals surface area contributed by atoms with Crippen molar-refractivity contribution in [2.24, 2.45) is 0 Å². The maximum atomic E-state index is 8.35. The van der Waals surface area contributed by atoms with Gasteiger partial charge in [-0.1, -0.05) is 79.1 Å². The van der Waals surface area contributed by atoms with Crippen molar-refractivity contribution in [3.8, 4) is 0 Å². The molecule has 0 aromatic rings. The van der Waals surface area contributed by atoms with Crippen molar-refractivity contribution in [2.75, 3.05) is 0 Å². The molecule has 4 nitrogen and oxygen atoms in total. The first kappa shape index (κ1) is 25.6. The van der Waals surface area contributed by atoms with Gasteiger partial charge in [0.1, 0.15) is 0 Å². The van der Waals surface area contributed by atoms with Crippen molar-refractivity contribution >= 4 is 12.2 Å². The standard InChI is InChI=1S/C10H20.2CHNO.2CH4/c1-2-4-6-8-10-9-7-5-3-1;2*2-1-3;;/h1-10H2;2*2H;2*1H4. The predicted octanol–water partition coefficient (Wildman–Crippen LogP) is 4.98. The van der Waals surface area contributed by atoms with E-state index in [0.717, 1.165) is 12.2 Å². The third kappa shape index (κ3) is 36.4. The summed E-state index contributed by atoms with van der Waals surface area (Å²) in [5.41, 5.74) is 0. The predicted molar refractivity (Wildman–Crippen MR) is 76.5 cm³/mol. The van der Waals surface area contributed by atoms with Gasteiger partial charge in [0.05, 0.1) is 0 Å². The van der Waals surface area contributed by atoms with Crippen LogP contribution in [-0.2, 0) is 9.59 Å². The third-order valence-corrected chi connectivity index (χ3v) is 2.50. The van der Waals surface area contributed by atoms with Crippen molar-refractivity contribution in [1.29, 1.82) is 10.8 Å². The van der Waals surface area contributed by atoms with Crippen LogP contribution in [0.5, 0.6) is 0 Å². The Morgan fingerprint density at radius 3 is 0.611 bits per heavy atom. The lowest BCUT2D eigenvalue weighted by atomic mass is 10.0. The number of rotatable bonds is 0. The molecule has 0 spiro atoms. The van der Waals surface area contributed by atoms with E-state index in [0.29, 0.717) is 0 Å². The summed E-state index contributed by atoms with van der Waals surface area (Å²) in [6, 6.07) is 0. The van der Waals surface area contributed by atoms with E-state index in [4.69, 9.17) is 20.4 Å². The molecule has 2 N–H and O–H groups in total. The molecular formula is C14H30N2O2. The van der Waals surface area contributed by atoms with Gasteiger partial charge in [-0.15, -0.1) is 0 Å². The van der Waals surface area contributed by atoms with Gasteiger partial charge >= 0.3 is 0 Å². The molecular weight excluding hydrogens is 228 g/mol. The molecule has 18 heavy (non-hydrogen) atoms. The molecule has 0 aromatic heterocycles. The molecule has 108 valence electrons. The molecule has 0 amide bonds. The number of nitrogens with one attached hydrogen (secondary N) is 2. The van der Waals surface area contributed by atoms with Crippen LogP contribution in [0.4, 0.5) is 0 Å². The average molecular weight is 258 g/mol. The van der Waals surface area contributed by atoms with Gasteiger partial charge in [0.25, 0.3) is 0 Å². The van der Waals surface area contributed by atoms with Crippen molar-refractivity contribution in [1.82, 2.24) is 0 Å². The number of hydrogen-bond donors (Lipinski definition) is 2. The molecule has 0 atom stereocenters. The second kappa shape index (κ2) is 29.7. The van der Waals surface area contributed by atoms with Crippen LogP contribution in [0.15, 0.2) is 0 Å². The smallest absolute Gasteiger partial charge is 0.222 e. The molecule has 0 radical (unpaired) electrons. The van der Waals surface area contributed by atoms with Gasteiger partial charge in [0.15, 0.2) is 0 Å². The van der Waals surface area contributed by atoms with Crippen LogP contribution in [0.3, 0.4) is 0 Å². The second-order valence-electron chi connectivity index (χ2n) is 3.74. The Bertz CT molecular complexity index is 149. The Kier molecular flexibility index (Phi) is 42.1. The Hall–Kier alpha value is -1.24. The minimum atomic E-state index is 0. The SMILES string of the molecule is C.C.C1CCCCCCCCC1.N=C=O.N=C=O. The molecule has 4 heteroatoms. The van der Waals surface area contributed by atoms with Gasteiger partial charge < -0.3 is 0 Å². The molecule has 0 aliphatic heterocycles. The van der Waals surface area contributed by atoms with Gasteiger partial charge in [-0.2, -0.15) is 0 Å². The normalized spacial score (nSPS) is 14.2. The van der Waals surface area contributed by atoms with Crippen LogP contribution in [0.25, 0.3) is 0 Å². The lowest BCUT2D eigenvalue weighted by molar-refractivity contribution is 0.504. The summed E-state index contributed by atoms with van der Waals surface area (Å²) in [6.07, 6.45) is 16.5. The van der Waals surface area contributed by atoms with Crippen molar-refractivity contribution < 1.29 is 9.59 Å². The molecule has 1 saturated carbocycles. The van der Waals surface area contributed by atoms with Gasteiger partial charge in [-0.05, 0) is 0 Å². The van der Waals surface area contributed by atoms with Crippen LogP contribution in [0.1, 0.15) is 79.1 Å². The van der Waals surface area contributed by atoms with Crippen LogP contribution in [-0.4, -0.2) is 12.2 Å². The fourth-order valence-corrected chi connectivity index (χ4v) is 1.77. The number of hydrogen-bond acceptors (Lipinski definition) is 4. The maximum absolute atomic E-state index is 8.35. The zero-order valence-electron chi connectivity index (χ0n) is 9.89. The monoisotopic (exact) mass is 258 g/mol. The highest BCUT2D eigenvalue weighted by atomic mass is 16.1. The summed E-state index contributed by atoms with van der Waals surface area (Å²) in [5, 5.41) is 10.8. The topological polar surface area (TPSA) is 81.8 Å². The van der Waals surface area contributed by atoms with E-state index >= 15 is 0 Å². The number of carbonyl (C=O) groups excluding carboxylic acids is 2. The highest BCUT2D eigenvalue weighted by Crippen LogP contribution is 2.15. The van der Waals surface area contributed by atoms with Crippen LogP contribution >= 0.6 is 0 Å². The van der Waals surface area contributed by atoms with E-state index in [1.807, 2.05) is 0 Å². The maximum Gasteiger partial charge on any atom is 0.231 e. The summed E-state index contributed by atoms with van der Waals surface area (Å²) in [4.78, 5) is 16.7. The highest BCUT2D eigenvalue weighted by Gasteiger charge is 1.95. The molecule has 1 aliphatic rings. The Morgan fingerprint density at radius 1 is 0.500 bits per heavy atom. The summed E-state index contributed by atoms with van der Waals surface area (Å²) in [7, 11) is 0. The van der Waals surface area contributed by atoms with E-state index in [-0.39, 0.29) is 14.9 Å². The van der Waals surface area contributed by atoms with Crippen LogP contribution < -0.4 is 0 Å². The molecule has 0 heterocycles. The van der Waals surface area contributed by atoms with E-state index in [1.54, 1.807) is 0 Å². The molecule has 1 aliphatic carbocycles. The van der Waals surface area contributed by atoms with E-state index in [1.165, 1.54) is 64.2 Å². The Balaban J connectivity index is -0.000000106. The molecule has 1 rings (SSSR count). The van der Waals surface area contributed by atoms with Crippen molar-refractivity contribution in [3.05, 3.63) is 0 Å². The van der Waals surface area contributed by atoms with Gasteiger partial charge in [0.2, 0.25) is 12.2 Å². The lowest BCUT2D eigenvalue weighted by Crippen LogP contribution is -1.85.